The van der Waals surface area contributed by atoms with Gasteiger partial charge in [-0.25, -0.2) is 14.4 Å². The van der Waals surface area contributed by atoms with Crippen molar-refractivity contribution in [2.24, 2.45) is 0 Å². The van der Waals surface area contributed by atoms with E-state index < -0.39 is 5.91 Å². The normalized spacial score (nSPS) is 10.8. The SMILES string of the molecule is O=C(Nc1nc2ccc(F)cc2s1)c1nc(Cl)ccc1Cl. The van der Waals surface area contributed by atoms with E-state index in [1.807, 2.05) is 0 Å². The van der Waals surface area contributed by atoms with Crippen molar-refractivity contribution in [2.45, 2.75) is 0 Å². The molecule has 106 valence electrons. The van der Waals surface area contributed by atoms with Crippen molar-refractivity contribution in [2.75, 3.05) is 5.32 Å². The summed E-state index contributed by atoms with van der Waals surface area (Å²) in [6, 6.07) is 7.18. The zero-order chi connectivity index (χ0) is 15.0. The van der Waals surface area contributed by atoms with Crippen LogP contribution in [0.1, 0.15) is 10.5 Å². The first-order chi connectivity index (χ1) is 10.0. The van der Waals surface area contributed by atoms with Crippen LogP contribution in [0.25, 0.3) is 10.2 Å². The number of hydrogen-bond donors (Lipinski definition) is 1. The Labute approximate surface area is 132 Å². The molecule has 0 unspecified atom stereocenters. The van der Waals surface area contributed by atoms with E-state index in [1.54, 1.807) is 6.07 Å². The van der Waals surface area contributed by atoms with Crippen molar-refractivity contribution in [1.82, 2.24) is 9.97 Å². The second kappa shape index (κ2) is 5.55. The van der Waals surface area contributed by atoms with Crippen molar-refractivity contribution in [3.05, 3.63) is 52.0 Å². The van der Waals surface area contributed by atoms with Crippen LogP contribution in [0.5, 0.6) is 0 Å². The molecule has 0 aliphatic rings. The van der Waals surface area contributed by atoms with Crippen LogP contribution in [0.15, 0.2) is 30.3 Å². The lowest BCUT2D eigenvalue weighted by Crippen LogP contribution is -2.14. The highest BCUT2D eigenvalue weighted by Crippen LogP contribution is 2.27. The maximum atomic E-state index is 13.1. The van der Waals surface area contributed by atoms with Crippen LogP contribution in [0.4, 0.5) is 9.52 Å². The molecule has 0 saturated heterocycles. The van der Waals surface area contributed by atoms with E-state index in [2.05, 4.69) is 15.3 Å². The fourth-order valence-electron chi connectivity index (χ4n) is 1.69. The average molecular weight is 342 g/mol. The van der Waals surface area contributed by atoms with Gasteiger partial charge < -0.3 is 0 Å². The van der Waals surface area contributed by atoms with Crippen LogP contribution in [0.3, 0.4) is 0 Å². The number of thiazole rings is 1. The number of halogens is 3. The van der Waals surface area contributed by atoms with Crippen molar-refractivity contribution in [3.8, 4) is 0 Å². The predicted octanol–water partition coefficient (Wildman–Crippen LogP) is 4.39. The van der Waals surface area contributed by atoms with Gasteiger partial charge in [0.25, 0.3) is 5.91 Å². The van der Waals surface area contributed by atoms with Gasteiger partial charge in [0.15, 0.2) is 5.13 Å². The highest BCUT2D eigenvalue weighted by atomic mass is 35.5. The Kier molecular flexibility index (Phi) is 3.75. The molecule has 0 spiro atoms. The number of anilines is 1. The summed E-state index contributed by atoms with van der Waals surface area (Å²) in [6.45, 7) is 0. The molecule has 1 amide bonds. The molecule has 2 heterocycles. The minimum atomic E-state index is -0.526. The van der Waals surface area contributed by atoms with Crippen LogP contribution in [-0.2, 0) is 0 Å². The van der Waals surface area contributed by atoms with Gasteiger partial charge in [-0.2, -0.15) is 0 Å². The molecular weight excluding hydrogens is 336 g/mol. The van der Waals surface area contributed by atoms with Gasteiger partial charge in [-0.1, -0.05) is 34.5 Å². The van der Waals surface area contributed by atoms with Crippen molar-refractivity contribution < 1.29 is 9.18 Å². The van der Waals surface area contributed by atoms with E-state index in [1.165, 1.54) is 24.3 Å². The summed E-state index contributed by atoms with van der Waals surface area (Å²) < 4.78 is 13.8. The summed E-state index contributed by atoms with van der Waals surface area (Å²) in [6.07, 6.45) is 0. The Balaban J connectivity index is 1.90. The third-order valence-electron chi connectivity index (χ3n) is 2.60. The average Bonchev–Trinajstić information content (AvgIpc) is 2.82. The van der Waals surface area contributed by atoms with Crippen LogP contribution in [0.2, 0.25) is 10.2 Å². The van der Waals surface area contributed by atoms with E-state index in [0.29, 0.717) is 15.3 Å². The van der Waals surface area contributed by atoms with Gasteiger partial charge in [-0.05, 0) is 30.3 Å². The summed E-state index contributed by atoms with van der Waals surface area (Å²) in [4.78, 5) is 20.2. The van der Waals surface area contributed by atoms with E-state index in [0.717, 1.165) is 11.3 Å². The number of hydrogen-bond acceptors (Lipinski definition) is 4. The third-order valence-corrected chi connectivity index (χ3v) is 4.05. The monoisotopic (exact) mass is 341 g/mol. The maximum absolute atomic E-state index is 13.1. The second-order valence-corrected chi connectivity index (χ2v) is 5.87. The zero-order valence-corrected chi connectivity index (χ0v) is 12.6. The molecule has 21 heavy (non-hydrogen) atoms. The number of carbonyl (C=O) groups excluding carboxylic acids is 1. The van der Waals surface area contributed by atoms with Gasteiger partial charge in [-0.3, -0.25) is 10.1 Å². The lowest BCUT2D eigenvalue weighted by molar-refractivity contribution is 0.102. The van der Waals surface area contributed by atoms with Gasteiger partial charge >= 0.3 is 0 Å². The number of nitrogens with one attached hydrogen (secondary N) is 1. The van der Waals surface area contributed by atoms with Crippen molar-refractivity contribution in [3.63, 3.8) is 0 Å². The molecule has 0 aliphatic carbocycles. The molecule has 0 bridgehead atoms. The quantitative estimate of drug-likeness (QED) is 0.703. The van der Waals surface area contributed by atoms with Gasteiger partial charge in [0, 0.05) is 0 Å². The van der Waals surface area contributed by atoms with E-state index >= 15 is 0 Å². The lowest BCUT2D eigenvalue weighted by Gasteiger charge is -2.03. The Hall–Kier alpha value is -1.76. The highest BCUT2D eigenvalue weighted by Gasteiger charge is 2.15. The summed E-state index contributed by atoms with van der Waals surface area (Å²) in [5, 5.41) is 3.25. The molecule has 3 aromatic rings. The Morgan fingerprint density at radius 1 is 1.19 bits per heavy atom. The minimum absolute atomic E-state index is 0.00889. The number of rotatable bonds is 2. The number of benzene rings is 1. The van der Waals surface area contributed by atoms with E-state index in [4.69, 9.17) is 23.2 Å². The van der Waals surface area contributed by atoms with Gasteiger partial charge in [0.05, 0.1) is 15.2 Å². The number of carbonyl (C=O) groups is 1. The molecule has 1 aromatic carbocycles. The number of aromatic nitrogens is 2. The van der Waals surface area contributed by atoms with Crippen molar-refractivity contribution in [1.29, 1.82) is 0 Å². The first-order valence-electron chi connectivity index (χ1n) is 5.72. The highest BCUT2D eigenvalue weighted by molar-refractivity contribution is 7.22. The fourth-order valence-corrected chi connectivity index (χ4v) is 2.91. The first-order valence-corrected chi connectivity index (χ1v) is 7.29. The zero-order valence-electron chi connectivity index (χ0n) is 10.2. The topological polar surface area (TPSA) is 54.9 Å². The first kappa shape index (κ1) is 14.2. The molecule has 1 N–H and O–H groups in total. The Morgan fingerprint density at radius 3 is 2.81 bits per heavy atom. The van der Waals surface area contributed by atoms with Gasteiger partial charge in [0.1, 0.15) is 16.7 Å². The molecule has 0 atom stereocenters. The lowest BCUT2D eigenvalue weighted by atomic mass is 10.3. The Bertz CT molecular complexity index is 853. The standard InChI is InChI=1S/C13H6Cl2FN3OS/c14-7-2-4-10(15)18-11(7)12(20)19-13-17-8-3-1-6(16)5-9(8)21-13/h1-5H,(H,17,19,20). The second-order valence-electron chi connectivity index (χ2n) is 4.05. The number of amides is 1. The smallest absolute Gasteiger partial charge is 0.277 e. The van der Waals surface area contributed by atoms with Crippen LogP contribution in [-0.4, -0.2) is 15.9 Å². The summed E-state index contributed by atoms with van der Waals surface area (Å²) in [7, 11) is 0. The number of nitrogens with zero attached hydrogens (tertiary/aromatic N) is 2. The largest absolute Gasteiger partial charge is 0.296 e. The maximum Gasteiger partial charge on any atom is 0.277 e. The van der Waals surface area contributed by atoms with E-state index in [9.17, 15) is 9.18 Å². The summed E-state index contributed by atoms with van der Waals surface area (Å²) in [5.41, 5.74) is 0.608. The van der Waals surface area contributed by atoms with E-state index in [-0.39, 0.29) is 21.7 Å². The minimum Gasteiger partial charge on any atom is -0.296 e. The Morgan fingerprint density at radius 2 is 2.00 bits per heavy atom. The summed E-state index contributed by atoms with van der Waals surface area (Å²) >= 11 is 12.8. The molecule has 8 heteroatoms. The summed E-state index contributed by atoms with van der Waals surface area (Å²) in [5.74, 6) is -0.884. The van der Waals surface area contributed by atoms with Gasteiger partial charge in [-0.15, -0.1) is 0 Å². The van der Waals surface area contributed by atoms with Gasteiger partial charge in [0.2, 0.25) is 0 Å². The predicted molar refractivity (Wildman–Crippen MR) is 81.8 cm³/mol. The third kappa shape index (κ3) is 2.97. The molecule has 0 saturated carbocycles. The van der Waals surface area contributed by atoms with Crippen LogP contribution in [0, 0.1) is 5.82 Å². The number of pyridine rings is 1. The number of fused-ring (bicyclic) bond motifs is 1. The molecule has 0 aliphatic heterocycles. The molecule has 3 rings (SSSR count). The fraction of sp³-hybridized carbons (Fsp3) is 0. The molecule has 2 aromatic heterocycles. The molecule has 0 fully saturated rings. The molecule has 4 nitrogen and oxygen atoms in total. The molecular formula is C13H6Cl2FN3OS. The van der Waals surface area contributed by atoms with Crippen LogP contribution < -0.4 is 5.32 Å². The molecule has 0 radical (unpaired) electrons. The van der Waals surface area contributed by atoms with Crippen molar-refractivity contribution >= 4 is 55.8 Å². The van der Waals surface area contributed by atoms with Crippen LogP contribution >= 0.6 is 34.5 Å².